The summed E-state index contributed by atoms with van der Waals surface area (Å²) in [6, 6.07) is 13.9. The first-order valence-electron chi connectivity index (χ1n) is 8.16. The predicted octanol–water partition coefficient (Wildman–Crippen LogP) is 4.14. The number of nitrogens with one attached hydrogen (secondary N) is 2. The Kier molecular flexibility index (Phi) is 6.75. The third-order valence-corrected chi connectivity index (χ3v) is 3.69. The van der Waals surface area contributed by atoms with Crippen LogP contribution in [0.5, 0.6) is 0 Å². The number of methoxy groups -OCH3 is 1. The highest BCUT2D eigenvalue weighted by atomic mass is 16.5. The van der Waals surface area contributed by atoms with Crippen LogP contribution >= 0.6 is 0 Å². The first-order valence-corrected chi connectivity index (χ1v) is 8.16. The van der Waals surface area contributed by atoms with E-state index in [0.29, 0.717) is 11.6 Å². The Balaban J connectivity index is 1.97. The molecular weight excluding hydrogens is 302 g/mol. The zero-order chi connectivity index (χ0) is 17.4. The van der Waals surface area contributed by atoms with Crippen LogP contribution in [0.15, 0.2) is 48.7 Å². The van der Waals surface area contributed by atoms with Crippen molar-refractivity contribution >= 4 is 11.8 Å². The summed E-state index contributed by atoms with van der Waals surface area (Å²) in [5, 5.41) is 6.22. The number of rotatable bonds is 7. The molecule has 0 saturated heterocycles. The second-order valence-corrected chi connectivity index (χ2v) is 6.13. The van der Waals surface area contributed by atoms with Crippen molar-refractivity contribution in [3.8, 4) is 0 Å². The topological polar surface area (TPSA) is 63.2 Å². The van der Waals surface area contributed by atoms with Crippen LogP contribution < -0.4 is 10.6 Å². The molecule has 5 nitrogen and oxygen atoms in total. The number of amides is 1. The van der Waals surface area contributed by atoms with E-state index in [2.05, 4.69) is 40.3 Å². The number of ether oxygens (including phenoxy) is 1. The molecule has 2 aromatic rings. The SMILES string of the molecule is COC(=O)Nc1ccc(CN[C@@H](CC(C)C)c2ccccn2)cc1. The third kappa shape index (κ3) is 5.66. The number of anilines is 1. The van der Waals surface area contributed by atoms with Gasteiger partial charge in [0.1, 0.15) is 0 Å². The van der Waals surface area contributed by atoms with Gasteiger partial charge in [0.25, 0.3) is 0 Å². The van der Waals surface area contributed by atoms with Crippen molar-refractivity contribution in [1.29, 1.82) is 0 Å². The Morgan fingerprint density at radius 2 is 1.92 bits per heavy atom. The summed E-state index contributed by atoms with van der Waals surface area (Å²) in [6.45, 7) is 5.17. The monoisotopic (exact) mass is 327 g/mol. The number of hydrogen-bond acceptors (Lipinski definition) is 4. The molecule has 0 fully saturated rings. The molecule has 0 aliphatic heterocycles. The molecule has 5 heteroatoms. The van der Waals surface area contributed by atoms with Gasteiger partial charge in [0.2, 0.25) is 0 Å². The Morgan fingerprint density at radius 1 is 1.17 bits per heavy atom. The van der Waals surface area contributed by atoms with Crippen molar-refractivity contribution in [3.05, 3.63) is 59.9 Å². The number of carbonyl (C=O) groups is 1. The van der Waals surface area contributed by atoms with E-state index in [1.54, 1.807) is 0 Å². The average molecular weight is 327 g/mol. The molecule has 0 radical (unpaired) electrons. The Hall–Kier alpha value is -2.40. The molecule has 0 aliphatic rings. The average Bonchev–Trinajstić information content (AvgIpc) is 2.60. The zero-order valence-corrected chi connectivity index (χ0v) is 14.5. The van der Waals surface area contributed by atoms with E-state index in [9.17, 15) is 4.79 Å². The molecule has 2 rings (SSSR count). The Labute approximate surface area is 143 Å². The van der Waals surface area contributed by atoms with Crippen LogP contribution in [0.4, 0.5) is 10.5 Å². The smallest absolute Gasteiger partial charge is 0.411 e. The highest BCUT2D eigenvalue weighted by Crippen LogP contribution is 2.20. The molecule has 0 unspecified atom stereocenters. The minimum absolute atomic E-state index is 0.221. The van der Waals surface area contributed by atoms with Crippen LogP contribution in [0.2, 0.25) is 0 Å². The molecule has 1 heterocycles. The van der Waals surface area contributed by atoms with E-state index in [0.717, 1.165) is 24.2 Å². The fraction of sp³-hybridized carbons (Fsp3) is 0.368. The van der Waals surface area contributed by atoms with Crippen molar-refractivity contribution in [2.45, 2.75) is 32.9 Å². The van der Waals surface area contributed by atoms with Crippen molar-refractivity contribution in [3.63, 3.8) is 0 Å². The molecule has 24 heavy (non-hydrogen) atoms. The summed E-state index contributed by atoms with van der Waals surface area (Å²) in [6.07, 6.45) is 2.39. The first-order chi connectivity index (χ1) is 11.6. The number of hydrogen-bond donors (Lipinski definition) is 2. The summed E-state index contributed by atoms with van der Waals surface area (Å²) >= 11 is 0. The quantitative estimate of drug-likeness (QED) is 0.802. The van der Waals surface area contributed by atoms with Gasteiger partial charge in [-0.15, -0.1) is 0 Å². The lowest BCUT2D eigenvalue weighted by atomic mass is 10.0. The lowest BCUT2D eigenvalue weighted by molar-refractivity contribution is 0.187. The second-order valence-electron chi connectivity index (χ2n) is 6.13. The van der Waals surface area contributed by atoms with Crippen LogP contribution in [-0.2, 0) is 11.3 Å². The highest BCUT2D eigenvalue weighted by molar-refractivity contribution is 5.84. The van der Waals surface area contributed by atoms with E-state index in [1.807, 2.05) is 42.6 Å². The largest absolute Gasteiger partial charge is 0.453 e. The molecule has 1 amide bonds. The summed E-state index contributed by atoms with van der Waals surface area (Å²) in [5.74, 6) is 0.580. The van der Waals surface area contributed by atoms with Gasteiger partial charge in [-0.2, -0.15) is 0 Å². The molecule has 128 valence electrons. The fourth-order valence-corrected chi connectivity index (χ4v) is 2.48. The van der Waals surface area contributed by atoms with Crippen molar-refractivity contribution in [1.82, 2.24) is 10.3 Å². The van der Waals surface area contributed by atoms with Gasteiger partial charge in [-0.25, -0.2) is 4.79 Å². The Morgan fingerprint density at radius 3 is 2.50 bits per heavy atom. The summed E-state index contributed by atoms with van der Waals surface area (Å²) < 4.78 is 4.58. The van der Waals surface area contributed by atoms with E-state index < -0.39 is 6.09 Å². The lowest BCUT2D eigenvalue weighted by Gasteiger charge is -2.20. The number of carbonyl (C=O) groups excluding carboxylic acids is 1. The highest BCUT2D eigenvalue weighted by Gasteiger charge is 2.14. The number of aromatic nitrogens is 1. The standard InChI is InChI=1S/C19H25N3O2/c1-14(2)12-18(17-6-4-5-11-20-17)21-13-15-7-9-16(10-8-15)22-19(23)24-3/h4-11,14,18,21H,12-13H2,1-3H3,(H,22,23)/t18-/m0/s1. The second kappa shape index (κ2) is 9.03. The molecule has 0 aliphatic carbocycles. The molecule has 1 atom stereocenters. The van der Waals surface area contributed by atoms with Crippen LogP contribution in [0.3, 0.4) is 0 Å². The molecule has 0 saturated carbocycles. The predicted molar refractivity (Wildman–Crippen MR) is 95.7 cm³/mol. The molecule has 2 N–H and O–H groups in total. The van der Waals surface area contributed by atoms with Crippen LogP contribution in [0.25, 0.3) is 0 Å². The first kappa shape index (κ1) is 17.9. The van der Waals surface area contributed by atoms with E-state index >= 15 is 0 Å². The van der Waals surface area contributed by atoms with Gasteiger partial charge in [-0.3, -0.25) is 10.3 Å². The molecule has 0 bridgehead atoms. The molecule has 0 spiro atoms. The van der Waals surface area contributed by atoms with Crippen molar-refractivity contribution in [2.24, 2.45) is 5.92 Å². The van der Waals surface area contributed by atoms with Gasteiger partial charge >= 0.3 is 6.09 Å². The zero-order valence-electron chi connectivity index (χ0n) is 14.5. The number of nitrogens with zero attached hydrogens (tertiary/aromatic N) is 1. The minimum atomic E-state index is -0.465. The van der Waals surface area contributed by atoms with Gasteiger partial charge < -0.3 is 10.1 Å². The molecular formula is C19H25N3O2. The van der Waals surface area contributed by atoms with Gasteiger partial charge in [0, 0.05) is 24.5 Å². The van der Waals surface area contributed by atoms with E-state index in [4.69, 9.17) is 0 Å². The lowest BCUT2D eigenvalue weighted by Crippen LogP contribution is -2.23. The van der Waals surface area contributed by atoms with Gasteiger partial charge in [-0.05, 0) is 42.2 Å². The van der Waals surface area contributed by atoms with Gasteiger partial charge in [0.05, 0.1) is 12.8 Å². The maximum absolute atomic E-state index is 11.2. The summed E-state index contributed by atoms with van der Waals surface area (Å²) in [7, 11) is 1.35. The van der Waals surface area contributed by atoms with Crippen LogP contribution in [-0.4, -0.2) is 18.2 Å². The maximum Gasteiger partial charge on any atom is 0.411 e. The maximum atomic E-state index is 11.2. The Bertz CT molecular complexity index is 627. The van der Waals surface area contributed by atoms with Crippen molar-refractivity contribution < 1.29 is 9.53 Å². The molecule has 1 aromatic carbocycles. The van der Waals surface area contributed by atoms with Crippen molar-refractivity contribution in [2.75, 3.05) is 12.4 Å². The normalized spacial score (nSPS) is 12.0. The van der Waals surface area contributed by atoms with E-state index in [-0.39, 0.29) is 6.04 Å². The van der Waals surface area contributed by atoms with Crippen LogP contribution in [0.1, 0.15) is 37.6 Å². The number of benzene rings is 1. The summed E-state index contributed by atoms with van der Waals surface area (Å²) in [4.78, 5) is 15.7. The van der Waals surface area contributed by atoms with Crippen LogP contribution in [0, 0.1) is 5.92 Å². The number of pyridine rings is 1. The van der Waals surface area contributed by atoms with E-state index in [1.165, 1.54) is 7.11 Å². The summed E-state index contributed by atoms with van der Waals surface area (Å²) in [5.41, 5.74) is 2.93. The third-order valence-electron chi connectivity index (χ3n) is 3.69. The van der Waals surface area contributed by atoms with Gasteiger partial charge in [-0.1, -0.05) is 32.0 Å². The van der Waals surface area contributed by atoms with Gasteiger partial charge in [0.15, 0.2) is 0 Å². The minimum Gasteiger partial charge on any atom is -0.453 e. The fourth-order valence-electron chi connectivity index (χ4n) is 2.48. The molecule has 1 aromatic heterocycles.